The summed E-state index contributed by atoms with van der Waals surface area (Å²) in [7, 11) is 0. The van der Waals surface area contributed by atoms with E-state index in [9.17, 15) is 4.79 Å². The largest absolute Gasteiger partial charge is 0.355 e. The highest BCUT2D eigenvalue weighted by Gasteiger charge is 2.25. The van der Waals surface area contributed by atoms with E-state index in [2.05, 4.69) is 51.8 Å². The number of rotatable bonds is 7. The fourth-order valence-electron chi connectivity index (χ4n) is 2.22. The standard InChI is InChI=1S/C17H31NO/c1-8-11-16(5,6)12-14(4)15(19)18-13-17(7,9-2)10-3/h14H,9-10,12-13H2,1-7H3,(H,18,19). The van der Waals surface area contributed by atoms with Gasteiger partial charge in [0.1, 0.15) is 0 Å². The van der Waals surface area contributed by atoms with Crippen LogP contribution in [0.4, 0.5) is 0 Å². The van der Waals surface area contributed by atoms with Crippen molar-refractivity contribution in [2.75, 3.05) is 6.54 Å². The van der Waals surface area contributed by atoms with Gasteiger partial charge < -0.3 is 5.32 Å². The lowest BCUT2D eigenvalue weighted by molar-refractivity contribution is -0.125. The Bertz CT molecular complexity index is 342. The number of nitrogens with one attached hydrogen (secondary N) is 1. The zero-order chi connectivity index (χ0) is 15.1. The van der Waals surface area contributed by atoms with Crippen LogP contribution in [0, 0.1) is 28.6 Å². The summed E-state index contributed by atoms with van der Waals surface area (Å²) in [4.78, 5) is 12.1. The van der Waals surface area contributed by atoms with Crippen molar-refractivity contribution in [2.24, 2.45) is 16.7 Å². The van der Waals surface area contributed by atoms with Gasteiger partial charge in [-0.25, -0.2) is 0 Å². The van der Waals surface area contributed by atoms with Gasteiger partial charge in [0.25, 0.3) is 0 Å². The lowest BCUT2D eigenvalue weighted by atomic mass is 9.82. The Morgan fingerprint density at radius 3 is 2.16 bits per heavy atom. The molecule has 0 saturated carbocycles. The third kappa shape index (κ3) is 6.66. The van der Waals surface area contributed by atoms with E-state index in [4.69, 9.17) is 0 Å². The Hall–Kier alpha value is -0.970. The summed E-state index contributed by atoms with van der Waals surface area (Å²) in [6, 6.07) is 0. The van der Waals surface area contributed by atoms with Gasteiger partial charge in [0.2, 0.25) is 5.91 Å². The van der Waals surface area contributed by atoms with Gasteiger partial charge in [-0.05, 0) is 45.4 Å². The summed E-state index contributed by atoms with van der Waals surface area (Å²) in [6.07, 6.45) is 2.98. The molecular formula is C17H31NO. The zero-order valence-electron chi connectivity index (χ0n) is 13.8. The summed E-state index contributed by atoms with van der Waals surface area (Å²) >= 11 is 0. The molecule has 0 bridgehead atoms. The van der Waals surface area contributed by atoms with Crippen molar-refractivity contribution < 1.29 is 4.79 Å². The Kier molecular flexibility index (Phi) is 7.19. The highest BCUT2D eigenvalue weighted by molar-refractivity contribution is 5.78. The van der Waals surface area contributed by atoms with E-state index in [0.29, 0.717) is 0 Å². The van der Waals surface area contributed by atoms with Crippen LogP contribution < -0.4 is 5.32 Å². The summed E-state index contributed by atoms with van der Waals surface area (Å²) in [5.41, 5.74) is 0.123. The minimum absolute atomic E-state index is 0.00816. The Morgan fingerprint density at radius 2 is 1.74 bits per heavy atom. The summed E-state index contributed by atoms with van der Waals surface area (Å²) in [6.45, 7) is 15.4. The molecule has 0 saturated heterocycles. The van der Waals surface area contributed by atoms with Crippen LogP contribution in [0.15, 0.2) is 0 Å². The van der Waals surface area contributed by atoms with Crippen LogP contribution in [0.3, 0.4) is 0 Å². The second-order valence-corrected chi connectivity index (χ2v) is 6.60. The molecule has 1 amide bonds. The number of carbonyl (C=O) groups is 1. The topological polar surface area (TPSA) is 29.1 Å². The molecule has 0 aromatic heterocycles. The lowest BCUT2D eigenvalue weighted by Crippen LogP contribution is -2.38. The maximum absolute atomic E-state index is 12.1. The molecule has 0 aliphatic rings. The van der Waals surface area contributed by atoms with Crippen LogP contribution in [0.25, 0.3) is 0 Å². The van der Waals surface area contributed by atoms with Crippen molar-refractivity contribution in [3.05, 3.63) is 0 Å². The second-order valence-electron chi connectivity index (χ2n) is 6.60. The molecule has 1 unspecified atom stereocenters. The minimum atomic E-state index is -0.0929. The quantitative estimate of drug-likeness (QED) is 0.692. The van der Waals surface area contributed by atoms with Gasteiger partial charge in [0.05, 0.1) is 0 Å². The highest BCUT2D eigenvalue weighted by Crippen LogP contribution is 2.26. The predicted octanol–water partition coefficient (Wildman–Crippen LogP) is 4.00. The molecule has 1 atom stereocenters. The molecule has 19 heavy (non-hydrogen) atoms. The molecule has 110 valence electrons. The zero-order valence-corrected chi connectivity index (χ0v) is 13.8. The van der Waals surface area contributed by atoms with E-state index in [1.54, 1.807) is 0 Å². The average Bonchev–Trinajstić information content (AvgIpc) is 2.34. The van der Waals surface area contributed by atoms with E-state index in [1.807, 2.05) is 13.8 Å². The van der Waals surface area contributed by atoms with Crippen LogP contribution in [-0.2, 0) is 4.79 Å². The van der Waals surface area contributed by atoms with Crippen molar-refractivity contribution >= 4 is 5.91 Å². The Morgan fingerprint density at radius 1 is 1.21 bits per heavy atom. The minimum Gasteiger partial charge on any atom is -0.355 e. The smallest absolute Gasteiger partial charge is 0.222 e. The Balaban J connectivity index is 4.39. The van der Waals surface area contributed by atoms with Crippen molar-refractivity contribution in [2.45, 2.75) is 67.7 Å². The SMILES string of the molecule is CC#CC(C)(C)CC(C)C(=O)NCC(C)(CC)CC. The van der Waals surface area contributed by atoms with Gasteiger partial charge >= 0.3 is 0 Å². The molecule has 0 aliphatic carbocycles. The molecular weight excluding hydrogens is 234 g/mol. The first kappa shape index (κ1) is 18.0. The summed E-state index contributed by atoms with van der Waals surface area (Å²) < 4.78 is 0. The van der Waals surface area contributed by atoms with Gasteiger partial charge in [-0.15, -0.1) is 5.92 Å². The van der Waals surface area contributed by atoms with Crippen molar-refractivity contribution in [3.8, 4) is 11.8 Å². The lowest BCUT2D eigenvalue weighted by Gasteiger charge is -2.28. The molecule has 2 heteroatoms. The van der Waals surface area contributed by atoms with Gasteiger partial charge in [0, 0.05) is 17.9 Å². The third-order valence-corrected chi connectivity index (χ3v) is 4.12. The maximum Gasteiger partial charge on any atom is 0.222 e. The van der Waals surface area contributed by atoms with Gasteiger partial charge in [-0.2, -0.15) is 0 Å². The van der Waals surface area contributed by atoms with Gasteiger partial charge in [-0.1, -0.05) is 33.6 Å². The number of amides is 1. The molecule has 0 heterocycles. The molecule has 0 rings (SSSR count). The van der Waals surface area contributed by atoms with Crippen LogP contribution in [-0.4, -0.2) is 12.5 Å². The monoisotopic (exact) mass is 265 g/mol. The molecule has 2 nitrogen and oxygen atoms in total. The first-order valence-electron chi connectivity index (χ1n) is 7.41. The van der Waals surface area contributed by atoms with Crippen LogP contribution in [0.5, 0.6) is 0 Å². The van der Waals surface area contributed by atoms with Crippen LogP contribution in [0.2, 0.25) is 0 Å². The molecule has 0 spiro atoms. The average molecular weight is 265 g/mol. The maximum atomic E-state index is 12.1. The van der Waals surface area contributed by atoms with E-state index in [0.717, 1.165) is 25.8 Å². The second kappa shape index (κ2) is 7.58. The van der Waals surface area contributed by atoms with E-state index >= 15 is 0 Å². The predicted molar refractivity (Wildman–Crippen MR) is 82.7 cm³/mol. The molecule has 0 aromatic carbocycles. The molecule has 0 aromatic rings. The Labute approximate surface area is 119 Å². The van der Waals surface area contributed by atoms with Gasteiger partial charge in [0.15, 0.2) is 0 Å². The third-order valence-electron chi connectivity index (χ3n) is 4.12. The fourth-order valence-corrected chi connectivity index (χ4v) is 2.22. The summed E-state index contributed by atoms with van der Waals surface area (Å²) in [5, 5.41) is 3.10. The van der Waals surface area contributed by atoms with Crippen LogP contribution >= 0.6 is 0 Å². The normalized spacial score (nSPS) is 13.4. The molecule has 1 N–H and O–H groups in total. The molecule has 0 fully saturated rings. The fraction of sp³-hybridized carbons (Fsp3) is 0.824. The van der Waals surface area contributed by atoms with E-state index < -0.39 is 0 Å². The molecule has 0 aliphatic heterocycles. The van der Waals surface area contributed by atoms with Crippen molar-refractivity contribution in [3.63, 3.8) is 0 Å². The number of hydrogen-bond acceptors (Lipinski definition) is 1. The van der Waals surface area contributed by atoms with E-state index in [1.165, 1.54) is 0 Å². The highest BCUT2D eigenvalue weighted by atomic mass is 16.1. The van der Waals surface area contributed by atoms with Gasteiger partial charge in [-0.3, -0.25) is 4.79 Å². The van der Waals surface area contributed by atoms with Crippen molar-refractivity contribution in [1.82, 2.24) is 5.32 Å². The molecule has 0 radical (unpaired) electrons. The van der Waals surface area contributed by atoms with Crippen LogP contribution in [0.1, 0.15) is 67.7 Å². The van der Waals surface area contributed by atoms with E-state index in [-0.39, 0.29) is 22.7 Å². The number of hydrogen-bond donors (Lipinski definition) is 1. The first-order valence-corrected chi connectivity index (χ1v) is 7.41. The summed E-state index contributed by atoms with van der Waals surface area (Å²) in [5.74, 6) is 6.28. The number of carbonyl (C=O) groups excluding carboxylic acids is 1. The first-order chi connectivity index (χ1) is 8.69. The van der Waals surface area contributed by atoms with Crippen molar-refractivity contribution in [1.29, 1.82) is 0 Å².